The Labute approximate surface area is 99.6 Å². The molecule has 0 amide bonds. The van der Waals surface area contributed by atoms with Crippen LogP contribution in [0.25, 0.3) is 0 Å². The van der Waals surface area contributed by atoms with Crippen LogP contribution in [0.3, 0.4) is 0 Å². The zero-order valence-corrected chi connectivity index (χ0v) is 8.15. The predicted molar refractivity (Wildman–Crippen MR) is 62.4 cm³/mol. The van der Waals surface area contributed by atoms with E-state index in [0.29, 0.717) is 0 Å². The molecule has 0 saturated heterocycles. The van der Waals surface area contributed by atoms with Crippen molar-refractivity contribution >= 4 is 11.8 Å². The maximum absolute atomic E-state index is 7.94. The zero-order valence-electron chi connectivity index (χ0n) is 15.2. The van der Waals surface area contributed by atoms with Crippen molar-refractivity contribution in [2.24, 2.45) is 0 Å². The number of rotatable bonds is 3. The lowest BCUT2D eigenvalue weighted by atomic mass is 10.1. The van der Waals surface area contributed by atoms with Crippen LogP contribution in [0, 0.1) is 10.8 Å². The Morgan fingerprint density at radius 1 is 1.47 bits per heavy atom. The highest BCUT2D eigenvalue weighted by Gasteiger charge is 1.95. The highest BCUT2D eigenvalue weighted by atomic mass is 15.1. The number of amidine groups is 1. The Kier molecular flexibility index (Phi) is 1.85. The van der Waals surface area contributed by atoms with Crippen LogP contribution >= 0.6 is 0 Å². The van der Waals surface area contributed by atoms with Crippen molar-refractivity contribution in [2.45, 2.75) is 13.3 Å². The van der Waals surface area contributed by atoms with Gasteiger partial charge in [-0.3, -0.25) is 10.8 Å². The summed E-state index contributed by atoms with van der Waals surface area (Å²) in [5.74, 6) is -0.510. The van der Waals surface area contributed by atoms with Gasteiger partial charge in [0.05, 0.1) is 11.3 Å². The topological polar surface area (TPSA) is 71.8 Å². The molecule has 0 fully saturated rings. The standard InChI is InChI=1S/C11H16N4/c1-9(12)15-11(13)14-8-7-10-5-3-2-4-6-10/h2-6H,7-8H2,1H3,(H4,12,13,14,15)/i2D,3D,4D,5D,7D2,8D. The molecule has 1 aromatic carbocycles. The Morgan fingerprint density at radius 2 is 2.27 bits per heavy atom. The average molecular weight is 211 g/mol. The van der Waals surface area contributed by atoms with Gasteiger partial charge >= 0.3 is 0 Å². The van der Waals surface area contributed by atoms with Crippen molar-refractivity contribution in [3.05, 3.63) is 35.8 Å². The molecule has 0 heterocycles. The SMILES string of the molecule is [2H]c1cc(C([2H])([2H])C([2H])NC(=N)NC(C)=N)c([2H])c([2H])c1[2H]. The first-order chi connectivity index (χ1) is 9.98. The van der Waals surface area contributed by atoms with Gasteiger partial charge in [-0.25, -0.2) is 0 Å². The second-order valence-corrected chi connectivity index (χ2v) is 2.64. The fourth-order valence-electron chi connectivity index (χ4n) is 0.766. The van der Waals surface area contributed by atoms with E-state index < -0.39 is 43.0 Å². The first-order valence-corrected chi connectivity index (χ1v) is 4.15. The maximum Gasteiger partial charge on any atom is 0.193 e. The van der Waals surface area contributed by atoms with Crippen LogP contribution < -0.4 is 10.6 Å². The molecule has 1 unspecified atom stereocenters. The van der Waals surface area contributed by atoms with Crippen LogP contribution in [0.2, 0.25) is 0 Å². The van der Waals surface area contributed by atoms with E-state index in [-0.39, 0.29) is 11.4 Å². The number of benzene rings is 1. The maximum atomic E-state index is 7.94. The Balaban J connectivity index is 3.13. The molecule has 0 aliphatic carbocycles. The fourth-order valence-corrected chi connectivity index (χ4v) is 0.766. The van der Waals surface area contributed by atoms with Crippen molar-refractivity contribution in [3.63, 3.8) is 0 Å². The molecule has 0 aliphatic rings. The van der Waals surface area contributed by atoms with Crippen LogP contribution in [-0.4, -0.2) is 18.3 Å². The highest BCUT2D eigenvalue weighted by Crippen LogP contribution is 1.97. The molecule has 4 N–H and O–H groups in total. The average Bonchev–Trinajstić information content (AvgIpc) is 2.39. The third-order valence-electron chi connectivity index (χ3n) is 1.31. The van der Waals surface area contributed by atoms with Crippen LogP contribution in [0.4, 0.5) is 0 Å². The molecule has 0 aromatic heterocycles. The summed E-state index contributed by atoms with van der Waals surface area (Å²) in [6.45, 7) is -0.330. The summed E-state index contributed by atoms with van der Waals surface area (Å²) < 4.78 is 53.9. The second kappa shape index (κ2) is 5.80. The minimum atomic E-state index is -2.47. The van der Waals surface area contributed by atoms with Gasteiger partial charge in [0.25, 0.3) is 0 Å². The normalized spacial score (nSPS) is 19.1. The molecule has 4 nitrogen and oxygen atoms in total. The van der Waals surface area contributed by atoms with E-state index in [1.807, 2.05) is 0 Å². The minimum Gasteiger partial charge on any atom is -0.356 e. The summed E-state index contributed by atoms with van der Waals surface area (Å²) in [5, 5.41) is 19.1. The lowest BCUT2D eigenvalue weighted by Gasteiger charge is -2.08. The second-order valence-electron chi connectivity index (χ2n) is 2.64. The van der Waals surface area contributed by atoms with Crippen LogP contribution in [0.5, 0.6) is 0 Å². The molecule has 1 aromatic rings. The van der Waals surface area contributed by atoms with Gasteiger partial charge in [-0.15, -0.1) is 0 Å². The van der Waals surface area contributed by atoms with E-state index >= 15 is 0 Å². The summed E-state index contributed by atoms with van der Waals surface area (Å²) >= 11 is 0. The molecule has 4 heteroatoms. The molecule has 0 saturated carbocycles. The molecule has 80 valence electrons. The third kappa shape index (κ3) is 4.81. The fraction of sp³-hybridized carbons (Fsp3) is 0.273. The lowest BCUT2D eigenvalue weighted by molar-refractivity contribution is 0.842. The van der Waals surface area contributed by atoms with Crippen molar-refractivity contribution in [1.82, 2.24) is 10.6 Å². The Morgan fingerprint density at radius 3 is 3.00 bits per heavy atom. The highest BCUT2D eigenvalue weighted by molar-refractivity contribution is 5.95. The van der Waals surface area contributed by atoms with Gasteiger partial charge in [-0.1, -0.05) is 30.2 Å². The summed E-state index contributed by atoms with van der Waals surface area (Å²) in [4.78, 5) is 0. The molecular weight excluding hydrogens is 188 g/mol. The smallest absolute Gasteiger partial charge is 0.193 e. The van der Waals surface area contributed by atoms with E-state index in [1.165, 1.54) is 6.92 Å². The minimum absolute atomic E-state index is 0.0631. The first-order valence-electron chi connectivity index (χ1n) is 7.73. The van der Waals surface area contributed by atoms with E-state index in [2.05, 4.69) is 10.6 Å². The number of hydrogen-bond donors (Lipinski definition) is 4. The van der Waals surface area contributed by atoms with Gasteiger partial charge in [-0.2, -0.15) is 0 Å². The predicted octanol–water partition coefficient (Wildman–Crippen LogP) is 1.34. The molecular formula is C11H16N4. The molecule has 0 spiro atoms. The van der Waals surface area contributed by atoms with Gasteiger partial charge in [0.2, 0.25) is 0 Å². The van der Waals surface area contributed by atoms with E-state index in [4.69, 9.17) is 20.4 Å². The van der Waals surface area contributed by atoms with E-state index in [1.54, 1.807) is 0 Å². The summed E-state index contributed by atoms with van der Waals surface area (Å²) in [7, 11) is 0. The number of nitrogens with one attached hydrogen (secondary N) is 4. The first kappa shape index (κ1) is 4.79. The van der Waals surface area contributed by atoms with Gasteiger partial charge in [0.1, 0.15) is 0 Å². The van der Waals surface area contributed by atoms with Gasteiger partial charge in [-0.05, 0) is 18.9 Å². The van der Waals surface area contributed by atoms with Crippen molar-refractivity contribution in [2.75, 3.05) is 6.52 Å². The van der Waals surface area contributed by atoms with Crippen LogP contribution in [0.15, 0.2) is 30.2 Å². The monoisotopic (exact) mass is 211 g/mol. The molecule has 0 radical (unpaired) electrons. The van der Waals surface area contributed by atoms with E-state index in [9.17, 15) is 0 Å². The van der Waals surface area contributed by atoms with Gasteiger partial charge < -0.3 is 10.6 Å². The zero-order chi connectivity index (χ0) is 17.2. The Bertz CT molecular complexity index is 617. The molecule has 15 heavy (non-hydrogen) atoms. The molecule has 0 bridgehead atoms. The molecule has 1 atom stereocenters. The largest absolute Gasteiger partial charge is 0.356 e. The van der Waals surface area contributed by atoms with Crippen LogP contribution in [-0.2, 0) is 6.37 Å². The van der Waals surface area contributed by atoms with Crippen LogP contribution in [0.1, 0.15) is 22.1 Å². The number of hydrogen-bond acceptors (Lipinski definition) is 2. The summed E-state index contributed by atoms with van der Waals surface area (Å²) in [6.07, 6.45) is -2.47. The van der Waals surface area contributed by atoms with Crippen molar-refractivity contribution in [3.8, 4) is 0 Å². The summed E-state index contributed by atoms with van der Waals surface area (Å²) in [6, 6.07) is -1.08. The molecule has 0 aliphatic heterocycles. The quantitative estimate of drug-likeness (QED) is 0.450. The Hall–Kier alpha value is -1.84. The molecule has 1 rings (SSSR count). The number of aryl methyl sites for hydroxylation is 1. The third-order valence-corrected chi connectivity index (χ3v) is 1.31. The van der Waals surface area contributed by atoms with Gasteiger partial charge in [0, 0.05) is 10.6 Å². The van der Waals surface area contributed by atoms with Crippen molar-refractivity contribution in [1.29, 1.82) is 10.8 Å². The van der Waals surface area contributed by atoms with Crippen molar-refractivity contribution < 1.29 is 9.60 Å². The summed E-state index contributed by atoms with van der Waals surface area (Å²) in [5.41, 5.74) is -0.370. The van der Waals surface area contributed by atoms with E-state index in [0.717, 1.165) is 6.07 Å². The lowest BCUT2D eigenvalue weighted by Crippen LogP contribution is -2.39. The number of guanidine groups is 1. The van der Waals surface area contributed by atoms with Gasteiger partial charge in [0.15, 0.2) is 5.96 Å².